The summed E-state index contributed by atoms with van der Waals surface area (Å²) in [6, 6.07) is 5.20. The fraction of sp³-hybridized carbons (Fsp3) is 0.538. The van der Waals surface area contributed by atoms with E-state index < -0.39 is 0 Å². The number of hydrogen-bond acceptors (Lipinski definition) is 2. The van der Waals surface area contributed by atoms with Gasteiger partial charge in [-0.15, -0.1) is 0 Å². The third-order valence-corrected chi connectivity index (χ3v) is 2.54. The van der Waals surface area contributed by atoms with Gasteiger partial charge in [0.2, 0.25) is 0 Å². The summed E-state index contributed by atoms with van der Waals surface area (Å²) in [5.74, 6) is 0.401. The molecule has 0 radical (unpaired) electrons. The van der Waals surface area contributed by atoms with Gasteiger partial charge in [0, 0.05) is 24.8 Å². The van der Waals surface area contributed by atoms with Gasteiger partial charge in [-0.2, -0.15) is 0 Å². The van der Waals surface area contributed by atoms with Crippen molar-refractivity contribution in [3.8, 4) is 0 Å². The number of hydrogen-bond donors (Lipinski definition) is 1. The molecule has 0 atom stereocenters. The largest absolute Gasteiger partial charge is 0.374 e. The molecule has 0 aliphatic heterocycles. The maximum Gasteiger partial charge on any atom is 0.128 e. The molecule has 0 heterocycles. The van der Waals surface area contributed by atoms with Crippen molar-refractivity contribution in [2.24, 2.45) is 11.7 Å². The summed E-state index contributed by atoms with van der Waals surface area (Å²) in [5.41, 5.74) is 7.20. The lowest BCUT2D eigenvalue weighted by atomic mass is 10.1. The van der Waals surface area contributed by atoms with E-state index >= 15 is 0 Å². The lowest BCUT2D eigenvalue weighted by Gasteiger charge is -2.24. The first-order valence-electron chi connectivity index (χ1n) is 5.74. The van der Waals surface area contributed by atoms with E-state index in [2.05, 4.69) is 18.7 Å². The zero-order chi connectivity index (χ0) is 12.1. The molecular formula is C13H21FN2. The number of halogens is 1. The summed E-state index contributed by atoms with van der Waals surface area (Å²) in [5, 5.41) is 0. The van der Waals surface area contributed by atoms with E-state index in [1.54, 1.807) is 6.07 Å². The second-order valence-electron chi connectivity index (χ2n) is 4.55. The molecule has 0 bridgehead atoms. The van der Waals surface area contributed by atoms with Crippen molar-refractivity contribution in [3.05, 3.63) is 29.6 Å². The lowest BCUT2D eigenvalue weighted by molar-refractivity contribution is 0.602. The van der Waals surface area contributed by atoms with Crippen LogP contribution in [0.25, 0.3) is 0 Å². The van der Waals surface area contributed by atoms with Crippen LogP contribution in [0, 0.1) is 11.7 Å². The molecule has 1 aromatic carbocycles. The van der Waals surface area contributed by atoms with E-state index in [4.69, 9.17) is 5.73 Å². The lowest BCUT2D eigenvalue weighted by Crippen LogP contribution is -2.24. The van der Waals surface area contributed by atoms with Gasteiger partial charge in [-0.1, -0.05) is 19.9 Å². The molecule has 2 nitrogen and oxygen atoms in total. The number of nitrogens with zero attached hydrogens (tertiary/aromatic N) is 1. The second-order valence-corrected chi connectivity index (χ2v) is 4.55. The normalized spacial score (nSPS) is 10.9. The van der Waals surface area contributed by atoms with Gasteiger partial charge in [0.1, 0.15) is 5.82 Å². The van der Waals surface area contributed by atoms with Gasteiger partial charge in [0.15, 0.2) is 0 Å². The number of benzene rings is 1. The van der Waals surface area contributed by atoms with Gasteiger partial charge < -0.3 is 10.6 Å². The zero-order valence-corrected chi connectivity index (χ0v) is 10.3. The van der Waals surface area contributed by atoms with Crippen molar-refractivity contribution in [1.82, 2.24) is 0 Å². The van der Waals surface area contributed by atoms with Gasteiger partial charge in [0.05, 0.1) is 0 Å². The Kier molecular flexibility index (Phi) is 4.74. The predicted molar refractivity (Wildman–Crippen MR) is 67.3 cm³/mol. The van der Waals surface area contributed by atoms with Crippen molar-refractivity contribution >= 4 is 5.69 Å². The summed E-state index contributed by atoms with van der Waals surface area (Å²) in [7, 11) is 1.99. The number of rotatable bonds is 5. The van der Waals surface area contributed by atoms with Crippen LogP contribution in [0.5, 0.6) is 0 Å². The van der Waals surface area contributed by atoms with E-state index in [1.807, 2.05) is 13.1 Å². The van der Waals surface area contributed by atoms with Crippen molar-refractivity contribution in [2.45, 2.75) is 20.3 Å². The van der Waals surface area contributed by atoms with Gasteiger partial charge in [-0.25, -0.2) is 4.39 Å². The van der Waals surface area contributed by atoms with Crippen LogP contribution in [0.2, 0.25) is 0 Å². The van der Waals surface area contributed by atoms with Gasteiger partial charge in [0.25, 0.3) is 0 Å². The van der Waals surface area contributed by atoms with E-state index in [0.29, 0.717) is 18.9 Å². The van der Waals surface area contributed by atoms with Gasteiger partial charge in [-0.05, 0) is 31.0 Å². The molecule has 0 aliphatic carbocycles. The summed E-state index contributed by atoms with van der Waals surface area (Å²) in [6.07, 6.45) is 0.588. The van der Waals surface area contributed by atoms with E-state index in [1.165, 1.54) is 6.07 Å². The average Bonchev–Trinajstić information content (AvgIpc) is 2.20. The Morgan fingerprint density at radius 2 is 2.06 bits per heavy atom. The van der Waals surface area contributed by atoms with Gasteiger partial charge in [-0.3, -0.25) is 0 Å². The van der Waals surface area contributed by atoms with E-state index in [-0.39, 0.29) is 5.82 Å². The molecule has 1 rings (SSSR count). The average molecular weight is 224 g/mol. The van der Waals surface area contributed by atoms with Crippen LogP contribution in [-0.4, -0.2) is 20.1 Å². The maximum atomic E-state index is 13.7. The van der Waals surface area contributed by atoms with Gasteiger partial charge >= 0.3 is 0 Å². The topological polar surface area (TPSA) is 29.3 Å². The zero-order valence-electron chi connectivity index (χ0n) is 10.3. The standard InChI is InChI=1S/C13H21FN2/c1-10(2)9-16(3)13-6-4-5-12(14)11(13)7-8-15/h4-6,10H,7-9,15H2,1-3H3. The molecule has 0 saturated heterocycles. The molecule has 0 unspecified atom stereocenters. The first kappa shape index (κ1) is 13.0. The first-order valence-corrected chi connectivity index (χ1v) is 5.74. The molecule has 0 fully saturated rings. The Hall–Kier alpha value is -1.09. The highest BCUT2D eigenvalue weighted by atomic mass is 19.1. The number of anilines is 1. The maximum absolute atomic E-state index is 13.7. The van der Waals surface area contributed by atoms with Crippen LogP contribution in [-0.2, 0) is 6.42 Å². The first-order chi connectivity index (χ1) is 7.56. The van der Waals surface area contributed by atoms with Crippen molar-refractivity contribution in [1.29, 1.82) is 0 Å². The third-order valence-electron chi connectivity index (χ3n) is 2.54. The van der Waals surface area contributed by atoms with E-state index in [0.717, 1.165) is 17.8 Å². The minimum absolute atomic E-state index is 0.154. The molecule has 0 spiro atoms. The summed E-state index contributed by atoms with van der Waals surface area (Å²) in [6.45, 7) is 5.70. The SMILES string of the molecule is CC(C)CN(C)c1cccc(F)c1CCN. The minimum Gasteiger partial charge on any atom is -0.374 e. The molecule has 3 heteroatoms. The molecule has 0 amide bonds. The Morgan fingerprint density at radius 3 is 2.62 bits per heavy atom. The van der Waals surface area contributed by atoms with Crippen molar-refractivity contribution in [3.63, 3.8) is 0 Å². The molecule has 1 aromatic rings. The van der Waals surface area contributed by atoms with Crippen LogP contribution in [0.4, 0.5) is 10.1 Å². The summed E-state index contributed by atoms with van der Waals surface area (Å²) >= 11 is 0. The van der Waals surface area contributed by atoms with Crippen molar-refractivity contribution in [2.75, 3.05) is 25.0 Å². The smallest absolute Gasteiger partial charge is 0.128 e. The Balaban J connectivity index is 2.97. The van der Waals surface area contributed by atoms with Crippen molar-refractivity contribution < 1.29 is 4.39 Å². The molecule has 90 valence electrons. The van der Waals surface area contributed by atoms with Crippen LogP contribution >= 0.6 is 0 Å². The van der Waals surface area contributed by atoms with Crippen LogP contribution < -0.4 is 10.6 Å². The highest BCUT2D eigenvalue weighted by molar-refractivity contribution is 5.53. The molecule has 0 saturated carbocycles. The molecule has 2 N–H and O–H groups in total. The fourth-order valence-electron chi connectivity index (χ4n) is 1.94. The molecular weight excluding hydrogens is 203 g/mol. The molecule has 16 heavy (non-hydrogen) atoms. The quantitative estimate of drug-likeness (QED) is 0.832. The summed E-state index contributed by atoms with van der Waals surface area (Å²) in [4.78, 5) is 2.10. The Morgan fingerprint density at radius 1 is 1.38 bits per heavy atom. The number of nitrogens with two attached hydrogens (primary N) is 1. The monoisotopic (exact) mass is 224 g/mol. The van der Waals surface area contributed by atoms with E-state index in [9.17, 15) is 4.39 Å². The predicted octanol–water partition coefficient (Wildman–Crippen LogP) is 2.42. The van der Waals surface area contributed by atoms with Crippen LogP contribution in [0.15, 0.2) is 18.2 Å². The minimum atomic E-state index is -0.154. The highest BCUT2D eigenvalue weighted by Crippen LogP contribution is 2.23. The molecule has 0 aliphatic rings. The summed E-state index contributed by atoms with van der Waals surface area (Å²) < 4.78 is 13.7. The molecule has 0 aromatic heterocycles. The third kappa shape index (κ3) is 3.20. The second kappa shape index (κ2) is 5.85. The highest BCUT2D eigenvalue weighted by Gasteiger charge is 2.11. The van der Waals surface area contributed by atoms with Crippen LogP contribution in [0.3, 0.4) is 0 Å². The Bertz CT molecular complexity index is 337. The van der Waals surface area contributed by atoms with Crippen LogP contribution in [0.1, 0.15) is 19.4 Å². The fourth-order valence-corrected chi connectivity index (χ4v) is 1.94. The Labute approximate surface area is 97.3 Å².